The Hall–Kier alpha value is -1.89. The molecule has 38 heavy (non-hydrogen) atoms. The number of carboxylic acid groups (broad SMARTS) is 1. The molecule has 0 aromatic heterocycles. The number of hydrogen-bond acceptors (Lipinski definition) is 5. The van der Waals surface area contributed by atoms with Crippen molar-refractivity contribution in [2.45, 2.75) is 88.1 Å². The highest BCUT2D eigenvalue weighted by molar-refractivity contribution is 7.88. The summed E-state index contributed by atoms with van der Waals surface area (Å²) in [6.45, 7) is 2.67. The molecule has 1 aliphatic carbocycles. The van der Waals surface area contributed by atoms with Crippen LogP contribution >= 0.6 is 0 Å². The molecule has 1 aromatic rings. The van der Waals surface area contributed by atoms with E-state index in [1.54, 1.807) is 12.1 Å². The first-order valence-corrected chi connectivity index (χ1v) is 15.3. The molecular formula is C26H40F3N3O5S. The molecule has 1 aromatic carbocycles. The number of ether oxygens (including phenoxy) is 1. The van der Waals surface area contributed by atoms with Crippen LogP contribution in [0.25, 0.3) is 0 Å². The number of rotatable bonds is 6. The molecule has 216 valence electrons. The van der Waals surface area contributed by atoms with Crippen molar-refractivity contribution in [1.29, 1.82) is 0 Å². The molecule has 1 saturated carbocycles. The van der Waals surface area contributed by atoms with E-state index in [1.165, 1.54) is 17.4 Å². The van der Waals surface area contributed by atoms with Crippen LogP contribution in [0.5, 0.6) is 0 Å². The van der Waals surface area contributed by atoms with Gasteiger partial charge in [-0.15, -0.1) is 0 Å². The third-order valence-electron chi connectivity index (χ3n) is 7.47. The van der Waals surface area contributed by atoms with Crippen molar-refractivity contribution in [3.8, 4) is 0 Å². The number of piperidine rings is 2. The van der Waals surface area contributed by atoms with Gasteiger partial charge in [-0.05, 0) is 81.9 Å². The normalized spacial score (nSPS) is 26.8. The molecule has 0 unspecified atom stereocenters. The summed E-state index contributed by atoms with van der Waals surface area (Å²) in [5, 5.41) is 11.8. The van der Waals surface area contributed by atoms with E-state index in [0.717, 1.165) is 57.6 Å². The second-order valence-electron chi connectivity index (χ2n) is 10.4. The molecule has 3 N–H and O–H groups in total. The van der Waals surface area contributed by atoms with Crippen LogP contribution in [0.2, 0.25) is 0 Å². The zero-order chi connectivity index (χ0) is 27.8. The molecule has 3 fully saturated rings. The van der Waals surface area contributed by atoms with E-state index in [2.05, 4.69) is 10.0 Å². The number of carbonyl (C=O) groups is 1. The van der Waals surface area contributed by atoms with Crippen molar-refractivity contribution < 1.29 is 36.2 Å². The zero-order valence-corrected chi connectivity index (χ0v) is 22.7. The number of likely N-dealkylation sites (tertiary alicyclic amines) is 1. The van der Waals surface area contributed by atoms with Crippen LogP contribution in [-0.2, 0) is 20.9 Å². The molecule has 2 saturated heterocycles. The molecule has 2 atom stereocenters. The molecule has 0 spiro atoms. The smallest absolute Gasteiger partial charge is 0.416 e. The third kappa shape index (κ3) is 9.69. The molecule has 8 nitrogen and oxygen atoms in total. The standard InChI is InChI=1S/C20H29F3N2O3S.C6H11NO2/c1-29(26,27)25-18-7-4-12-24-19(18)13-28-15-10-8-14(9-11-15)16-5-2-3-6-17(16)20(21,22)23;8-6(9)7-4-2-1-3-5-7/h2-3,5-6,14-15,18-19,24-25H,4,7-13H2,1H3;1-5H2,(H,8,9)/t14?,15?,18-,19-;/m0./s1. The average Bonchev–Trinajstić information content (AvgIpc) is 2.88. The fraction of sp³-hybridized carbons (Fsp3) is 0.731. The number of nitrogens with one attached hydrogen (secondary N) is 2. The van der Waals surface area contributed by atoms with E-state index in [4.69, 9.17) is 9.84 Å². The Morgan fingerprint density at radius 3 is 2.32 bits per heavy atom. The van der Waals surface area contributed by atoms with Crippen LogP contribution in [0.4, 0.5) is 18.0 Å². The number of sulfonamides is 1. The zero-order valence-electron chi connectivity index (χ0n) is 21.9. The summed E-state index contributed by atoms with van der Waals surface area (Å²) in [4.78, 5) is 11.8. The lowest BCUT2D eigenvalue weighted by atomic mass is 9.81. The van der Waals surface area contributed by atoms with Crippen LogP contribution in [-0.4, -0.2) is 75.2 Å². The Labute approximate surface area is 223 Å². The summed E-state index contributed by atoms with van der Waals surface area (Å²) >= 11 is 0. The Morgan fingerprint density at radius 1 is 1.08 bits per heavy atom. The minimum absolute atomic E-state index is 0.00749. The van der Waals surface area contributed by atoms with Gasteiger partial charge in [0.1, 0.15) is 0 Å². The first-order valence-electron chi connectivity index (χ1n) is 13.4. The maximum Gasteiger partial charge on any atom is 0.416 e. The number of nitrogens with zero attached hydrogens (tertiary/aromatic N) is 1. The molecule has 2 heterocycles. The lowest BCUT2D eigenvalue weighted by molar-refractivity contribution is -0.138. The molecule has 2 aliphatic heterocycles. The highest BCUT2D eigenvalue weighted by atomic mass is 32.2. The number of benzene rings is 1. The molecule has 0 bridgehead atoms. The monoisotopic (exact) mass is 563 g/mol. The van der Waals surface area contributed by atoms with E-state index in [9.17, 15) is 26.4 Å². The molecule has 12 heteroatoms. The summed E-state index contributed by atoms with van der Waals surface area (Å²) in [6, 6.07) is 5.54. The largest absolute Gasteiger partial charge is 0.465 e. The van der Waals surface area contributed by atoms with Crippen LogP contribution in [0.15, 0.2) is 24.3 Å². The predicted octanol–water partition coefficient (Wildman–Crippen LogP) is 4.57. The van der Waals surface area contributed by atoms with Gasteiger partial charge in [-0.25, -0.2) is 17.9 Å². The second-order valence-corrected chi connectivity index (χ2v) is 12.2. The second kappa shape index (κ2) is 14.0. The number of hydrogen-bond donors (Lipinski definition) is 3. The minimum atomic E-state index is -4.34. The summed E-state index contributed by atoms with van der Waals surface area (Å²) in [7, 11) is -3.29. The van der Waals surface area contributed by atoms with Crippen molar-refractivity contribution in [2.75, 3.05) is 32.5 Å². The van der Waals surface area contributed by atoms with Crippen molar-refractivity contribution >= 4 is 16.1 Å². The molecule has 4 rings (SSSR count). The van der Waals surface area contributed by atoms with E-state index < -0.39 is 27.9 Å². The van der Waals surface area contributed by atoms with E-state index in [-0.39, 0.29) is 24.1 Å². The van der Waals surface area contributed by atoms with Gasteiger partial charge >= 0.3 is 12.3 Å². The van der Waals surface area contributed by atoms with Crippen molar-refractivity contribution in [2.24, 2.45) is 0 Å². The summed E-state index contributed by atoms with van der Waals surface area (Å²) in [6.07, 6.45) is 3.66. The van der Waals surface area contributed by atoms with E-state index in [0.29, 0.717) is 37.9 Å². The topological polar surface area (TPSA) is 108 Å². The molecular weight excluding hydrogens is 523 g/mol. The van der Waals surface area contributed by atoms with Gasteiger partial charge in [-0.1, -0.05) is 18.2 Å². The number of amides is 1. The first kappa shape index (κ1) is 30.6. The van der Waals surface area contributed by atoms with Gasteiger partial charge in [0.25, 0.3) is 0 Å². The highest BCUT2D eigenvalue weighted by Crippen LogP contribution is 2.41. The summed E-state index contributed by atoms with van der Waals surface area (Å²) in [5.74, 6) is -0.111. The Kier molecular flexibility index (Phi) is 11.3. The van der Waals surface area contributed by atoms with Gasteiger partial charge < -0.3 is 20.1 Å². The van der Waals surface area contributed by atoms with Gasteiger partial charge in [-0.3, -0.25) is 0 Å². The number of alkyl halides is 3. The summed E-state index contributed by atoms with van der Waals surface area (Å²) < 4.78 is 71.7. The fourth-order valence-electron chi connectivity index (χ4n) is 5.52. The Balaban J connectivity index is 0.000000375. The first-order chi connectivity index (χ1) is 17.9. The van der Waals surface area contributed by atoms with Gasteiger partial charge in [0.05, 0.1) is 24.5 Å². The SMILES string of the molecule is CS(=O)(=O)N[C@H]1CCCN[C@H]1COC1CCC(c2ccccc2C(F)(F)F)CC1.O=C(O)N1CCCCC1. The van der Waals surface area contributed by atoms with Gasteiger partial charge in [0.2, 0.25) is 10.0 Å². The van der Waals surface area contributed by atoms with Crippen LogP contribution in [0, 0.1) is 0 Å². The maximum absolute atomic E-state index is 13.3. The van der Waals surface area contributed by atoms with Crippen molar-refractivity contribution in [3.05, 3.63) is 35.4 Å². The molecule has 0 radical (unpaired) electrons. The Morgan fingerprint density at radius 2 is 1.74 bits per heavy atom. The van der Waals surface area contributed by atoms with Gasteiger partial charge in [-0.2, -0.15) is 13.2 Å². The molecule has 3 aliphatic rings. The molecule has 1 amide bonds. The third-order valence-corrected chi connectivity index (χ3v) is 8.20. The highest BCUT2D eigenvalue weighted by Gasteiger charge is 2.36. The van der Waals surface area contributed by atoms with Crippen LogP contribution < -0.4 is 10.0 Å². The maximum atomic E-state index is 13.3. The van der Waals surface area contributed by atoms with Gasteiger partial charge in [0, 0.05) is 25.2 Å². The lowest BCUT2D eigenvalue weighted by Crippen LogP contribution is -2.55. The van der Waals surface area contributed by atoms with Crippen LogP contribution in [0.1, 0.15) is 74.8 Å². The van der Waals surface area contributed by atoms with E-state index in [1.807, 2.05) is 0 Å². The quantitative estimate of drug-likeness (QED) is 0.468. The summed E-state index contributed by atoms with van der Waals surface area (Å²) in [5.41, 5.74) is -0.157. The van der Waals surface area contributed by atoms with Crippen molar-refractivity contribution in [1.82, 2.24) is 14.9 Å². The average molecular weight is 564 g/mol. The van der Waals surface area contributed by atoms with Crippen LogP contribution in [0.3, 0.4) is 0 Å². The number of halogens is 3. The lowest BCUT2D eigenvalue weighted by Gasteiger charge is -2.35. The fourth-order valence-corrected chi connectivity index (χ4v) is 6.35. The minimum Gasteiger partial charge on any atom is -0.465 e. The van der Waals surface area contributed by atoms with Crippen molar-refractivity contribution in [3.63, 3.8) is 0 Å². The van der Waals surface area contributed by atoms with Gasteiger partial charge in [0.15, 0.2) is 0 Å². The predicted molar refractivity (Wildman–Crippen MR) is 139 cm³/mol. The van der Waals surface area contributed by atoms with E-state index >= 15 is 0 Å². The Bertz CT molecular complexity index is 994.